The Morgan fingerprint density at radius 3 is 2.75 bits per heavy atom. The van der Waals surface area contributed by atoms with Gasteiger partial charge in [-0.3, -0.25) is 9.59 Å². The highest BCUT2D eigenvalue weighted by Gasteiger charge is 2.48. The van der Waals surface area contributed by atoms with Gasteiger partial charge >= 0.3 is 5.97 Å². The van der Waals surface area contributed by atoms with Crippen LogP contribution in [0.1, 0.15) is 18.4 Å². The molecule has 4 heteroatoms. The van der Waals surface area contributed by atoms with Crippen molar-refractivity contribution in [3.8, 4) is 0 Å². The third-order valence-corrected chi connectivity index (χ3v) is 3.71. The largest absolute Gasteiger partial charge is 0.469 e. The lowest BCUT2D eigenvalue weighted by Gasteiger charge is -2.24. The maximum atomic E-state index is 12.2. The SMILES string of the molecule is C=CCC1(C(=O)OC)CC(=O)N(Cc2ccccc2)C1. The fraction of sp³-hybridized carbons (Fsp3) is 0.375. The van der Waals surface area contributed by atoms with Crippen molar-refractivity contribution < 1.29 is 14.3 Å². The maximum Gasteiger partial charge on any atom is 0.314 e. The van der Waals surface area contributed by atoms with Gasteiger partial charge in [0.1, 0.15) is 0 Å². The normalized spacial score (nSPS) is 21.9. The lowest BCUT2D eigenvalue weighted by Crippen LogP contribution is -2.35. The van der Waals surface area contributed by atoms with Crippen LogP contribution in [0.3, 0.4) is 0 Å². The van der Waals surface area contributed by atoms with E-state index in [1.807, 2.05) is 30.3 Å². The van der Waals surface area contributed by atoms with E-state index in [1.165, 1.54) is 7.11 Å². The number of hydrogen-bond donors (Lipinski definition) is 0. The van der Waals surface area contributed by atoms with Crippen molar-refractivity contribution in [2.45, 2.75) is 19.4 Å². The molecule has 1 unspecified atom stereocenters. The maximum absolute atomic E-state index is 12.2. The van der Waals surface area contributed by atoms with Crippen molar-refractivity contribution in [1.82, 2.24) is 4.90 Å². The number of ether oxygens (including phenoxy) is 1. The van der Waals surface area contributed by atoms with Crippen molar-refractivity contribution in [2.75, 3.05) is 13.7 Å². The number of likely N-dealkylation sites (tertiary alicyclic amines) is 1. The molecule has 0 spiro atoms. The third kappa shape index (κ3) is 2.74. The van der Waals surface area contributed by atoms with E-state index in [0.717, 1.165) is 5.56 Å². The van der Waals surface area contributed by atoms with Crippen LogP contribution in [0.5, 0.6) is 0 Å². The average Bonchev–Trinajstić information content (AvgIpc) is 2.77. The Labute approximate surface area is 119 Å². The van der Waals surface area contributed by atoms with E-state index in [2.05, 4.69) is 6.58 Å². The van der Waals surface area contributed by atoms with Gasteiger partial charge in [0.2, 0.25) is 5.91 Å². The van der Waals surface area contributed by atoms with E-state index < -0.39 is 5.41 Å². The summed E-state index contributed by atoms with van der Waals surface area (Å²) < 4.78 is 4.87. The Hall–Kier alpha value is -2.10. The zero-order chi connectivity index (χ0) is 14.6. The standard InChI is InChI=1S/C16H19NO3/c1-3-9-16(15(19)20-2)10-14(18)17(12-16)11-13-7-5-4-6-8-13/h3-8H,1,9-12H2,2H3. The minimum absolute atomic E-state index is 0.0129. The molecular formula is C16H19NO3. The van der Waals surface area contributed by atoms with E-state index in [4.69, 9.17) is 4.74 Å². The second kappa shape index (κ2) is 5.90. The number of allylic oxidation sites excluding steroid dienone is 1. The number of carbonyl (C=O) groups is 2. The van der Waals surface area contributed by atoms with Crippen molar-refractivity contribution in [3.63, 3.8) is 0 Å². The van der Waals surface area contributed by atoms with Gasteiger partial charge in [-0.15, -0.1) is 6.58 Å². The first-order chi connectivity index (χ1) is 9.61. The molecule has 1 amide bonds. The van der Waals surface area contributed by atoms with Gasteiger partial charge in [-0.1, -0.05) is 36.4 Å². The molecule has 1 aromatic carbocycles. The first-order valence-electron chi connectivity index (χ1n) is 6.62. The molecule has 0 N–H and O–H groups in total. The molecule has 106 valence electrons. The summed E-state index contributed by atoms with van der Waals surface area (Å²) in [4.78, 5) is 25.9. The molecule has 1 heterocycles. The molecule has 1 aliphatic rings. The Morgan fingerprint density at radius 1 is 1.45 bits per heavy atom. The summed E-state index contributed by atoms with van der Waals surface area (Å²) in [6.07, 6.45) is 2.32. The van der Waals surface area contributed by atoms with Crippen LogP contribution in [0.4, 0.5) is 0 Å². The predicted octanol–water partition coefficient (Wildman–Crippen LogP) is 2.15. The van der Waals surface area contributed by atoms with Crippen LogP contribution in [0.25, 0.3) is 0 Å². The van der Waals surface area contributed by atoms with E-state index in [-0.39, 0.29) is 18.3 Å². The number of amides is 1. The monoisotopic (exact) mass is 273 g/mol. The zero-order valence-electron chi connectivity index (χ0n) is 11.7. The lowest BCUT2D eigenvalue weighted by atomic mass is 9.83. The first-order valence-corrected chi connectivity index (χ1v) is 6.62. The summed E-state index contributed by atoms with van der Waals surface area (Å²) in [6.45, 7) is 4.59. The fourth-order valence-corrected chi connectivity index (χ4v) is 2.71. The van der Waals surface area contributed by atoms with Gasteiger partial charge in [-0.2, -0.15) is 0 Å². The second-order valence-corrected chi connectivity index (χ2v) is 5.18. The lowest BCUT2D eigenvalue weighted by molar-refractivity contribution is -0.152. The van der Waals surface area contributed by atoms with Crippen LogP contribution in [0, 0.1) is 5.41 Å². The van der Waals surface area contributed by atoms with Crippen LogP contribution in [-0.2, 0) is 20.9 Å². The Kier molecular flexibility index (Phi) is 4.23. The predicted molar refractivity (Wildman–Crippen MR) is 75.7 cm³/mol. The van der Waals surface area contributed by atoms with E-state index in [9.17, 15) is 9.59 Å². The molecule has 20 heavy (non-hydrogen) atoms. The van der Waals surface area contributed by atoms with Crippen LogP contribution in [0.15, 0.2) is 43.0 Å². The smallest absolute Gasteiger partial charge is 0.314 e. The van der Waals surface area contributed by atoms with Crippen molar-refractivity contribution in [2.24, 2.45) is 5.41 Å². The van der Waals surface area contributed by atoms with Crippen molar-refractivity contribution in [3.05, 3.63) is 48.6 Å². The van der Waals surface area contributed by atoms with Gasteiger partial charge in [0.25, 0.3) is 0 Å². The molecule has 1 aliphatic heterocycles. The van der Waals surface area contributed by atoms with Gasteiger partial charge in [-0.25, -0.2) is 0 Å². The highest BCUT2D eigenvalue weighted by molar-refractivity contribution is 5.90. The Balaban J connectivity index is 2.16. The highest BCUT2D eigenvalue weighted by Crippen LogP contribution is 2.37. The number of methoxy groups -OCH3 is 1. The van der Waals surface area contributed by atoms with Crippen LogP contribution < -0.4 is 0 Å². The van der Waals surface area contributed by atoms with E-state index in [0.29, 0.717) is 19.5 Å². The Morgan fingerprint density at radius 2 is 2.15 bits per heavy atom. The zero-order valence-corrected chi connectivity index (χ0v) is 11.7. The quantitative estimate of drug-likeness (QED) is 0.610. The summed E-state index contributed by atoms with van der Waals surface area (Å²) in [7, 11) is 1.36. The van der Waals surface area contributed by atoms with Gasteiger partial charge in [0, 0.05) is 19.5 Å². The molecule has 1 atom stereocenters. The molecule has 1 aromatic rings. The minimum atomic E-state index is -0.775. The molecule has 1 saturated heterocycles. The molecule has 0 aromatic heterocycles. The number of hydrogen-bond acceptors (Lipinski definition) is 3. The van der Waals surface area contributed by atoms with Crippen LogP contribution in [0.2, 0.25) is 0 Å². The number of benzene rings is 1. The molecule has 0 bridgehead atoms. The molecule has 0 aliphatic carbocycles. The summed E-state index contributed by atoms with van der Waals surface area (Å²) >= 11 is 0. The molecule has 4 nitrogen and oxygen atoms in total. The number of esters is 1. The van der Waals surface area contributed by atoms with Gasteiger partial charge < -0.3 is 9.64 Å². The van der Waals surface area contributed by atoms with Gasteiger partial charge in [0.15, 0.2) is 0 Å². The molecule has 0 saturated carbocycles. The summed E-state index contributed by atoms with van der Waals surface area (Å²) in [6, 6.07) is 9.75. The number of nitrogens with zero attached hydrogens (tertiary/aromatic N) is 1. The second-order valence-electron chi connectivity index (χ2n) is 5.18. The number of carbonyl (C=O) groups excluding carboxylic acids is 2. The average molecular weight is 273 g/mol. The molecule has 0 radical (unpaired) electrons. The first kappa shape index (κ1) is 14.3. The summed E-state index contributed by atoms with van der Waals surface area (Å²) in [5.41, 5.74) is 0.280. The molecule has 1 fully saturated rings. The highest BCUT2D eigenvalue weighted by atomic mass is 16.5. The summed E-state index contributed by atoms with van der Waals surface area (Å²) in [5.74, 6) is -0.345. The van der Waals surface area contributed by atoms with Crippen LogP contribution in [-0.4, -0.2) is 30.4 Å². The third-order valence-electron chi connectivity index (χ3n) is 3.71. The van der Waals surface area contributed by atoms with E-state index in [1.54, 1.807) is 11.0 Å². The van der Waals surface area contributed by atoms with Crippen LogP contribution >= 0.6 is 0 Å². The van der Waals surface area contributed by atoms with Gasteiger partial charge in [-0.05, 0) is 12.0 Å². The molecular weight excluding hydrogens is 254 g/mol. The Bertz CT molecular complexity index is 512. The van der Waals surface area contributed by atoms with Gasteiger partial charge in [0.05, 0.1) is 12.5 Å². The van der Waals surface area contributed by atoms with E-state index >= 15 is 0 Å². The topological polar surface area (TPSA) is 46.6 Å². The molecule has 2 rings (SSSR count). The minimum Gasteiger partial charge on any atom is -0.469 e. The van der Waals surface area contributed by atoms with Crippen molar-refractivity contribution >= 4 is 11.9 Å². The summed E-state index contributed by atoms with van der Waals surface area (Å²) in [5, 5.41) is 0. The van der Waals surface area contributed by atoms with Crippen molar-refractivity contribution in [1.29, 1.82) is 0 Å². The number of rotatable bonds is 5. The fourth-order valence-electron chi connectivity index (χ4n) is 2.71.